The molecule has 0 bridgehead atoms. The summed E-state index contributed by atoms with van der Waals surface area (Å²) in [4.78, 5) is 19.2. The number of nitrogens with two attached hydrogens (primary N) is 1. The standard InChI is InChI=1S/C17H24N4O/c18-15-10-14(12-9-13(12)15)17(22)20-11-4-5-19-16(8-11)21-6-2-1-3-7-21/h4-5,8,12-15H,1-3,6-7,9-10,18H2,(H,19,20,22)/t12-,13+,14-,15+/m0/s1. The van der Waals surface area contributed by atoms with Gasteiger partial charge in [0.1, 0.15) is 5.82 Å². The Hall–Kier alpha value is -1.62. The Morgan fingerprint density at radius 1 is 1.23 bits per heavy atom. The Morgan fingerprint density at radius 3 is 2.73 bits per heavy atom. The van der Waals surface area contributed by atoms with Gasteiger partial charge in [-0.3, -0.25) is 4.79 Å². The first-order valence-electron chi connectivity index (χ1n) is 8.50. The summed E-state index contributed by atoms with van der Waals surface area (Å²) in [5.74, 6) is 2.34. The van der Waals surface area contributed by atoms with Crippen LogP contribution in [0, 0.1) is 17.8 Å². The first kappa shape index (κ1) is 14.0. The van der Waals surface area contributed by atoms with Gasteiger partial charge in [0.15, 0.2) is 0 Å². The molecular formula is C17H24N4O. The number of carbonyl (C=O) groups excluding carboxylic acids is 1. The number of rotatable bonds is 3. The summed E-state index contributed by atoms with van der Waals surface area (Å²) in [5.41, 5.74) is 6.93. The Kier molecular flexibility index (Phi) is 3.53. The summed E-state index contributed by atoms with van der Waals surface area (Å²) < 4.78 is 0. The van der Waals surface area contributed by atoms with Crippen LogP contribution >= 0.6 is 0 Å². The van der Waals surface area contributed by atoms with Gasteiger partial charge in [-0.2, -0.15) is 0 Å². The summed E-state index contributed by atoms with van der Waals surface area (Å²) in [5, 5.41) is 3.08. The molecule has 0 aromatic carbocycles. The van der Waals surface area contributed by atoms with E-state index < -0.39 is 0 Å². The molecule has 1 amide bonds. The number of hydrogen-bond acceptors (Lipinski definition) is 4. The van der Waals surface area contributed by atoms with E-state index in [-0.39, 0.29) is 17.9 Å². The smallest absolute Gasteiger partial charge is 0.227 e. The first-order valence-corrected chi connectivity index (χ1v) is 8.50. The first-order chi connectivity index (χ1) is 10.7. The van der Waals surface area contributed by atoms with Gasteiger partial charge in [-0.25, -0.2) is 4.98 Å². The molecule has 2 saturated carbocycles. The lowest BCUT2D eigenvalue weighted by Crippen LogP contribution is -2.30. The van der Waals surface area contributed by atoms with Crippen molar-refractivity contribution in [3.8, 4) is 0 Å². The van der Waals surface area contributed by atoms with Crippen LogP contribution in [0.5, 0.6) is 0 Å². The van der Waals surface area contributed by atoms with E-state index in [1.54, 1.807) is 6.20 Å². The molecule has 3 aliphatic rings. The van der Waals surface area contributed by atoms with Crippen LogP contribution in [0.25, 0.3) is 0 Å². The summed E-state index contributed by atoms with van der Waals surface area (Å²) in [6.45, 7) is 2.12. The molecule has 0 radical (unpaired) electrons. The second kappa shape index (κ2) is 5.54. The van der Waals surface area contributed by atoms with Crippen LogP contribution in [0.15, 0.2) is 18.3 Å². The number of pyridine rings is 1. The van der Waals surface area contributed by atoms with Crippen molar-refractivity contribution in [1.82, 2.24) is 4.98 Å². The average molecular weight is 300 g/mol. The van der Waals surface area contributed by atoms with E-state index in [1.807, 2.05) is 12.1 Å². The van der Waals surface area contributed by atoms with Crippen molar-refractivity contribution in [2.75, 3.05) is 23.3 Å². The van der Waals surface area contributed by atoms with E-state index in [1.165, 1.54) is 19.3 Å². The molecule has 4 atom stereocenters. The number of piperidine rings is 1. The van der Waals surface area contributed by atoms with E-state index in [9.17, 15) is 4.79 Å². The van der Waals surface area contributed by atoms with Crippen molar-refractivity contribution in [3.63, 3.8) is 0 Å². The number of amides is 1. The van der Waals surface area contributed by atoms with Gasteiger partial charge < -0.3 is 16.0 Å². The molecule has 4 rings (SSSR count). The molecule has 3 N–H and O–H groups in total. The molecule has 0 spiro atoms. The van der Waals surface area contributed by atoms with Gasteiger partial charge in [-0.05, 0) is 50.0 Å². The maximum absolute atomic E-state index is 12.5. The second-order valence-corrected chi connectivity index (χ2v) is 7.01. The number of hydrogen-bond donors (Lipinski definition) is 2. The molecule has 22 heavy (non-hydrogen) atoms. The molecule has 1 aromatic heterocycles. The minimum absolute atomic E-state index is 0.103. The second-order valence-electron chi connectivity index (χ2n) is 7.01. The predicted molar refractivity (Wildman–Crippen MR) is 86.6 cm³/mol. The fraction of sp³-hybridized carbons (Fsp3) is 0.647. The largest absolute Gasteiger partial charge is 0.357 e. The third-order valence-corrected chi connectivity index (χ3v) is 5.51. The van der Waals surface area contributed by atoms with Crippen molar-refractivity contribution < 1.29 is 4.79 Å². The molecule has 1 aromatic rings. The highest BCUT2D eigenvalue weighted by Crippen LogP contribution is 2.54. The topological polar surface area (TPSA) is 71.2 Å². The fourth-order valence-corrected chi connectivity index (χ4v) is 4.16. The van der Waals surface area contributed by atoms with E-state index in [4.69, 9.17) is 5.73 Å². The molecule has 3 fully saturated rings. The highest BCUT2D eigenvalue weighted by atomic mass is 16.1. The number of anilines is 2. The summed E-state index contributed by atoms with van der Waals surface area (Å²) in [6.07, 6.45) is 7.51. The van der Waals surface area contributed by atoms with Crippen molar-refractivity contribution in [1.29, 1.82) is 0 Å². The molecular weight excluding hydrogens is 276 g/mol. The van der Waals surface area contributed by atoms with Crippen molar-refractivity contribution >= 4 is 17.4 Å². The number of aromatic nitrogens is 1. The van der Waals surface area contributed by atoms with Crippen LogP contribution in [0.2, 0.25) is 0 Å². The van der Waals surface area contributed by atoms with Crippen molar-refractivity contribution in [2.45, 2.75) is 38.1 Å². The highest BCUT2D eigenvalue weighted by Gasteiger charge is 2.55. The fourth-order valence-electron chi connectivity index (χ4n) is 4.16. The quantitative estimate of drug-likeness (QED) is 0.895. The van der Waals surface area contributed by atoms with Gasteiger partial charge in [-0.1, -0.05) is 0 Å². The lowest BCUT2D eigenvalue weighted by atomic mass is 10.0. The third kappa shape index (κ3) is 2.58. The van der Waals surface area contributed by atoms with Crippen LogP contribution < -0.4 is 16.0 Å². The van der Waals surface area contributed by atoms with Crippen LogP contribution in [0.3, 0.4) is 0 Å². The maximum atomic E-state index is 12.5. The van der Waals surface area contributed by atoms with Gasteiger partial charge in [-0.15, -0.1) is 0 Å². The number of nitrogens with zero attached hydrogens (tertiary/aromatic N) is 2. The summed E-state index contributed by atoms with van der Waals surface area (Å²) >= 11 is 0. The van der Waals surface area contributed by atoms with Gasteiger partial charge in [0.2, 0.25) is 5.91 Å². The minimum atomic E-state index is 0.103. The van der Waals surface area contributed by atoms with Crippen molar-refractivity contribution in [2.24, 2.45) is 23.5 Å². The average Bonchev–Trinajstić information content (AvgIpc) is 3.28. The summed E-state index contributed by atoms with van der Waals surface area (Å²) in [7, 11) is 0. The van der Waals surface area contributed by atoms with Crippen LogP contribution in [-0.2, 0) is 4.79 Å². The SMILES string of the molecule is N[C@@H]1C[C@H](C(=O)Nc2ccnc(N3CCCCC3)c2)[C@H]2C[C@H]21. The predicted octanol–water partition coefficient (Wildman–Crippen LogP) is 1.99. The minimum Gasteiger partial charge on any atom is -0.357 e. The van der Waals surface area contributed by atoms with Gasteiger partial charge in [0, 0.05) is 43.0 Å². The Balaban J connectivity index is 1.43. The van der Waals surface area contributed by atoms with E-state index in [0.717, 1.165) is 37.4 Å². The molecule has 2 heterocycles. The molecule has 5 heteroatoms. The molecule has 2 aliphatic carbocycles. The van der Waals surface area contributed by atoms with Gasteiger partial charge in [0.05, 0.1) is 0 Å². The summed E-state index contributed by atoms with van der Waals surface area (Å²) in [6, 6.07) is 4.11. The normalized spacial score (nSPS) is 33.4. The van der Waals surface area contributed by atoms with Gasteiger partial charge in [0.25, 0.3) is 0 Å². The number of nitrogens with one attached hydrogen (secondary N) is 1. The molecule has 1 aliphatic heterocycles. The lowest BCUT2D eigenvalue weighted by molar-refractivity contribution is -0.120. The third-order valence-electron chi connectivity index (χ3n) is 5.51. The molecule has 118 valence electrons. The zero-order chi connectivity index (χ0) is 15.1. The maximum Gasteiger partial charge on any atom is 0.227 e. The zero-order valence-electron chi connectivity index (χ0n) is 12.9. The van der Waals surface area contributed by atoms with Crippen LogP contribution in [0.4, 0.5) is 11.5 Å². The van der Waals surface area contributed by atoms with E-state index >= 15 is 0 Å². The highest BCUT2D eigenvalue weighted by molar-refractivity contribution is 5.93. The van der Waals surface area contributed by atoms with Crippen LogP contribution in [-0.4, -0.2) is 30.0 Å². The molecule has 0 unspecified atom stereocenters. The van der Waals surface area contributed by atoms with E-state index in [0.29, 0.717) is 11.8 Å². The number of carbonyl (C=O) groups is 1. The monoisotopic (exact) mass is 300 g/mol. The Bertz CT molecular complexity index is 570. The van der Waals surface area contributed by atoms with Gasteiger partial charge >= 0.3 is 0 Å². The van der Waals surface area contributed by atoms with Crippen LogP contribution in [0.1, 0.15) is 32.1 Å². The zero-order valence-corrected chi connectivity index (χ0v) is 12.9. The number of fused-ring (bicyclic) bond motifs is 1. The lowest BCUT2D eigenvalue weighted by Gasteiger charge is -2.28. The van der Waals surface area contributed by atoms with E-state index in [2.05, 4.69) is 15.2 Å². The molecule has 5 nitrogen and oxygen atoms in total. The Labute approximate surface area is 131 Å². The Morgan fingerprint density at radius 2 is 2.05 bits per heavy atom. The molecule has 1 saturated heterocycles. The van der Waals surface area contributed by atoms with Crippen molar-refractivity contribution in [3.05, 3.63) is 18.3 Å².